The lowest BCUT2D eigenvalue weighted by molar-refractivity contribution is -0.123. The van der Waals surface area contributed by atoms with Crippen LogP contribution >= 0.6 is 0 Å². The third kappa shape index (κ3) is 3.74. The summed E-state index contributed by atoms with van der Waals surface area (Å²) in [6.07, 6.45) is 2.05. The normalized spacial score (nSPS) is 16.6. The molecule has 0 aliphatic heterocycles. The summed E-state index contributed by atoms with van der Waals surface area (Å²) < 4.78 is 0. The van der Waals surface area contributed by atoms with Crippen molar-refractivity contribution in [3.8, 4) is 6.07 Å². The summed E-state index contributed by atoms with van der Waals surface area (Å²) in [6.45, 7) is 2.81. The Hall–Kier alpha value is -2.38. The van der Waals surface area contributed by atoms with Gasteiger partial charge in [-0.2, -0.15) is 5.26 Å². The maximum atomic E-state index is 12.3. The van der Waals surface area contributed by atoms with Crippen LogP contribution in [0.25, 0.3) is 10.8 Å². The lowest BCUT2D eigenvalue weighted by Crippen LogP contribution is -2.49. The Morgan fingerprint density at radius 3 is 2.67 bits per heavy atom. The Labute approximate surface area is 143 Å². The molecule has 1 aliphatic rings. The number of fused-ring (bicyclic) bond motifs is 1. The first-order valence-electron chi connectivity index (χ1n) is 8.39. The molecule has 1 amide bonds. The number of nitrogens with zero attached hydrogens (tertiary/aromatic N) is 2. The third-order valence-corrected chi connectivity index (χ3v) is 4.71. The summed E-state index contributed by atoms with van der Waals surface area (Å²) in [5, 5.41) is 14.7. The first-order chi connectivity index (χ1) is 11.5. The van der Waals surface area contributed by atoms with Gasteiger partial charge in [0.1, 0.15) is 5.54 Å². The van der Waals surface area contributed by atoms with E-state index in [1.807, 2.05) is 31.0 Å². The van der Waals surface area contributed by atoms with Gasteiger partial charge in [-0.25, -0.2) is 0 Å². The van der Waals surface area contributed by atoms with Crippen LogP contribution in [0, 0.1) is 17.2 Å². The second-order valence-electron chi connectivity index (χ2n) is 6.99. The van der Waals surface area contributed by atoms with Gasteiger partial charge in [0.15, 0.2) is 0 Å². The number of rotatable bonds is 6. The van der Waals surface area contributed by atoms with Crippen molar-refractivity contribution in [3.05, 3.63) is 48.0 Å². The SMILES string of the molecule is CN(CC(=O)NC(C)(C#N)C1CC1)Cc1ccc2ccccc2c1. The van der Waals surface area contributed by atoms with Gasteiger partial charge >= 0.3 is 0 Å². The average Bonchev–Trinajstić information content (AvgIpc) is 3.39. The van der Waals surface area contributed by atoms with Crippen LogP contribution in [0.5, 0.6) is 0 Å². The van der Waals surface area contributed by atoms with Crippen LogP contribution in [0.3, 0.4) is 0 Å². The van der Waals surface area contributed by atoms with Gasteiger partial charge in [0, 0.05) is 6.54 Å². The molecule has 0 bridgehead atoms. The molecule has 0 radical (unpaired) electrons. The van der Waals surface area contributed by atoms with Crippen molar-refractivity contribution < 1.29 is 4.79 Å². The Morgan fingerprint density at radius 1 is 1.29 bits per heavy atom. The fraction of sp³-hybridized carbons (Fsp3) is 0.400. The topological polar surface area (TPSA) is 56.1 Å². The van der Waals surface area contributed by atoms with Crippen molar-refractivity contribution in [2.75, 3.05) is 13.6 Å². The minimum atomic E-state index is -0.721. The van der Waals surface area contributed by atoms with Crippen LogP contribution in [0.2, 0.25) is 0 Å². The van der Waals surface area contributed by atoms with Gasteiger partial charge in [-0.3, -0.25) is 9.69 Å². The Balaban J connectivity index is 1.59. The monoisotopic (exact) mass is 321 g/mol. The molecule has 1 atom stereocenters. The number of benzene rings is 2. The third-order valence-electron chi connectivity index (χ3n) is 4.71. The number of nitriles is 1. The van der Waals surface area contributed by atoms with Gasteiger partial charge in [0.2, 0.25) is 5.91 Å². The molecule has 0 spiro atoms. The van der Waals surface area contributed by atoms with Crippen molar-refractivity contribution >= 4 is 16.7 Å². The van der Waals surface area contributed by atoms with Crippen LogP contribution in [-0.2, 0) is 11.3 Å². The smallest absolute Gasteiger partial charge is 0.235 e. The van der Waals surface area contributed by atoms with E-state index >= 15 is 0 Å². The van der Waals surface area contributed by atoms with E-state index in [0.29, 0.717) is 12.5 Å². The molecule has 3 rings (SSSR count). The molecule has 0 saturated heterocycles. The number of amides is 1. The van der Waals surface area contributed by atoms with Gasteiger partial charge in [-0.15, -0.1) is 0 Å². The highest BCUT2D eigenvalue weighted by atomic mass is 16.2. The molecule has 4 nitrogen and oxygen atoms in total. The van der Waals surface area contributed by atoms with Crippen LogP contribution in [0.4, 0.5) is 0 Å². The predicted molar refractivity (Wildman–Crippen MR) is 95.2 cm³/mol. The van der Waals surface area contributed by atoms with E-state index in [-0.39, 0.29) is 12.5 Å². The minimum absolute atomic E-state index is 0.0887. The molecule has 2 aromatic carbocycles. The number of carbonyl (C=O) groups is 1. The molecule has 1 aliphatic carbocycles. The van der Waals surface area contributed by atoms with Gasteiger partial charge in [-0.05, 0) is 55.1 Å². The Kier molecular flexibility index (Phi) is 4.55. The van der Waals surface area contributed by atoms with Crippen LogP contribution in [-0.4, -0.2) is 29.9 Å². The van der Waals surface area contributed by atoms with Gasteiger partial charge < -0.3 is 5.32 Å². The van der Waals surface area contributed by atoms with Gasteiger partial charge in [0.25, 0.3) is 0 Å². The fourth-order valence-electron chi connectivity index (χ4n) is 3.16. The summed E-state index contributed by atoms with van der Waals surface area (Å²) in [5.74, 6) is 0.214. The van der Waals surface area contributed by atoms with E-state index in [1.165, 1.54) is 16.3 Å². The maximum Gasteiger partial charge on any atom is 0.235 e. The largest absolute Gasteiger partial charge is 0.337 e. The van der Waals surface area contributed by atoms with Crippen LogP contribution in [0.15, 0.2) is 42.5 Å². The summed E-state index contributed by atoms with van der Waals surface area (Å²) in [5.41, 5.74) is 0.454. The minimum Gasteiger partial charge on any atom is -0.337 e. The fourth-order valence-corrected chi connectivity index (χ4v) is 3.16. The number of carbonyl (C=O) groups excluding carboxylic acids is 1. The summed E-state index contributed by atoms with van der Waals surface area (Å²) in [6, 6.07) is 16.9. The van der Waals surface area contributed by atoms with Gasteiger partial charge in [-0.1, -0.05) is 36.4 Å². The highest BCUT2D eigenvalue weighted by Crippen LogP contribution is 2.39. The van der Waals surface area contributed by atoms with Crippen LogP contribution < -0.4 is 5.32 Å². The maximum absolute atomic E-state index is 12.3. The molecule has 1 fully saturated rings. The molecule has 2 aromatic rings. The second kappa shape index (κ2) is 6.62. The van der Waals surface area contributed by atoms with E-state index in [0.717, 1.165) is 12.8 Å². The molecule has 1 N–H and O–H groups in total. The van der Waals surface area contributed by atoms with Crippen LogP contribution in [0.1, 0.15) is 25.3 Å². The van der Waals surface area contributed by atoms with Crippen molar-refractivity contribution in [1.29, 1.82) is 5.26 Å². The van der Waals surface area contributed by atoms with Gasteiger partial charge in [0.05, 0.1) is 12.6 Å². The highest BCUT2D eigenvalue weighted by molar-refractivity contribution is 5.83. The zero-order valence-corrected chi connectivity index (χ0v) is 14.2. The number of hydrogen-bond donors (Lipinski definition) is 1. The molecular formula is C20H23N3O. The first-order valence-corrected chi connectivity index (χ1v) is 8.39. The summed E-state index contributed by atoms with van der Waals surface area (Å²) in [4.78, 5) is 14.2. The van der Waals surface area contributed by atoms with E-state index < -0.39 is 5.54 Å². The predicted octanol–water partition coefficient (Wildman–Crippen LogP) is 3.08. The van der Waals surface area contributed by atoms with E-state index in [1.54, 1.807) is 0 Å². The standard InChI is InChI=1S/C20H23N3O/c1-20(14-21,18-9-10-18)22-19(24)13-23(2)12-15-7-8-16-5-3-4-6-17(16)11-15/h3-8,11,18H,9-10,12-13H2,1-2H3,(H,22,24). The molecule has 4 heteroatoms. The zero-order valence-electron chi connectivity index (χ0n) is 14.2. The zero-order chi connectivity index (χ0) is 17.2. The Morgan fingerprint density at radius 2 is 2.00 bits per heavy atom. The lowest BCUT2D eigenvalue weighted by atomic mass is 9.98. The number of likely N-dealkylation sites (N-methyl/N-ethyl adjacent to an activating group) is 1. The molecule has 0 aromatic heterocycles. The summed E-state index contributed by atoms with van der Waals surface area (Å²) in [7, 11) is 1.93. The first kappa shape index (κ1) is 16.5. The van der Waals surface area contributed by atoms with E-state index in [2.05, 4.69) is 41.7 Å². The second-order valence-corrected chi connectivity index (χ2v) is 6.99. The quantitative estimate of drug-likeness (QED) is 0.889. The molecule has 124 valence electrons. The molecule has 1 unspecified atom stereocenters. The molecule has 24 heavy (non-hydrogen) atoms. The van der Waals surface area contributed by atoms with E-state index in [9.17, 15) is 10.1 Å². The Bertz CT molecular complexity index is 791. The molecular weight excluding hydrogens is 298 g/mol. The van der Waals surface area contributed by atoms with Crippen molar-refractivity contribution in [2.45, 2.75) is 31.8 Å². The van der Waals surface area contributed by atoms with Crippen molar-refractivity contribution in [3.63, 3.8) is 0 Å². The lowest BCUT2D eigenvalue weighted by Gasteiger charge is -2.25. The number of nitrogens with one attached hydrogen (secondary N) is 1. The number of hydrogen-bond acceptors (Lipinski definition) is 3. The van der Waals surface area contributed by atoms with Crippen molar-refractivity contribution in [2.24, 2.45) is 5.92 Å². The molecule has 0 heterocycles. The molecule has 1 saturated carbocycles. The highest BCUT2D eigenvalue weighted by Gasteiger charge is 2.42. The average molecular weight is 321 g/mol. The van der Waals surface area contributed by atoms with Crippen molar-refractivity contribution in [1.82, 2.24) is 10.2 Å². The van der Waals surface area contributed by atoms with E-state index in [4.69, 9.17) is 0 Å². The summed E-state index contributed by atoms with van der Waals surface area (Å²) >= 11 is 0.